The molecule has 0 saturated carbocycles. The summed E-state index contributed by atoms with van der Waals surface area (Å²) in [6.45, 7) is 13.2. The second kappa shape index (κ2) is 19.6. The maximum Gasteiger partial charge on any atom is 0.349 e. The van der Waals surface area contributed by atoms with E-state index in [4.69, 9.17) is 9.47 Å². The summed E-state index contributed by atoms with van der Waals surface area (Å²) in [6.07, 6.45) is 11.9. The van der Waals surface area contributed by atoms with Crippen LogP contribution in [0.25, 0.3) is 33.4 Å². The van der Waals surface area contributed by atoms with Crippen molar-refractivity contribution >= 4 is 23.1 Å². The Bertz CT molecular complexity index is 2220. The smallest absolute Gasteiger partial charge is 0.349 e. The minimum absolute atomic E-state index is 0.0367. The Labute approximate surface area is 331 Å². The molecule has 0 N–H and O–H groups in total. The largest absolute Gasteiger partial charge is 0.461 e. The molecule has 0 amide bonds. The Morgan fingerprint density at radius 2 is 1.18 bits per heavy atom. The molecule has 2 aromatic heterocycles. The number of unbranched alkanes of at least 4 members (excludes halogenated alkanes) is 2. The Morgan fingerprint density at radius 3 is 1.71 bits per heavy atom. The first-order valence-corrected chi connectivity index (χ1v) is 20.0. The molecule has 56 heavy (non-hydrogen) atoms. The van der Waals surface area contributed by atoms with Crippen LogP contribution in [0.4, 0.5) is 0 Å². The predicted molar refractivity (Wildman–Crippen MR) is 221 cm³/mol. The number of nitriles is 2. The lowest BCUT2D eigenvalue weighted by molar-refractivity contribution is -0.140. The van der Waals surface area contributed by atoms with E-state index >= 15 is 0 Å². The molecule has 0 radical (unpaired) electrons. The molecule has 8 nitrogen and oxygen atoms in total. The lowest BCUT2D eigenvalue weighted by atomic mass is 9.99. The fourth-order valence-electron chi connectivity index (χ4n) is 7.45. The van der Waals surface area contributed by atoms with Gasteiger partial charge in [-0.3, -0.25) is 9.97 Å². The molecule has 2 aliphatic carbocycles. The van der Waals surface area contributed by atoms with Crippen LogP contribution in [0.1, 0.15) is 113 Å². The fraction of sp³-hybridized carbons (Fsp3) is 0.375. The first-order chi connectivity index (χ1) is 27.2. The van der Waals surface area contributed by atoms with Crippen LogP contribution in [0.5, 0.6) is 0 Å². The fourth-order valence-corrected chi connectivity index (χ4v) is 7.45. The molecule has 2 atom stereocenters. The number of ether oxygens (including phenoxy) is 2. The summed E-state index contributed by atoms with van der Waals surface area (Å²) in [6, 6.07) is 23.8. The molecule has 0 spiro atoms. The van der Waals surface area contributed by atoms with E-state index in [9.17, 15) is 20.1 Å². The highest BCUT2D eigenvalue weighted by Crippen LogP contribution is 2.47. The quantitative estimate of drug-likeness (QED) is 0.0612. The van der Waals surface area contributed by atoms with Crippen molar-refractivity contribution in [3.05, 3.63) is 118 Å². The van der Waals surface area contributed by atoms with Crippen LogP contribution in [-0.2, 0) is 19.1 Å². The summed E-state index contributed by atoms with van der Waals surface area (Å²) >= 11 is 0. The minimum atomic E-state index is -0.557. The van der Waals surface area contributed by atoms with E-state index in [1.165, 1.54) is 0 Å². The van der Waals surface area contributed by atoms with Crippen molar-refractivity contribution in [2.45, 2.75) is 92.9 Å². The molecule has 0 aliphatic heterocycles. The van der Waals surface area contributed by atoms with E-state index in [1.807, 2.05) is 74.5 Å². The van der Waals surface area contributed by atoms with Crippen LogP contribution < -0.4 is 0 Å². The van der Waals surface area contributed by atoms with Crippen molar-refractivity contribution in [3.63, 3.8) is 0 Å². The number of fused-ring (bicyclic) bond motifs is 6. The highest BCUT2D eigenvalue weighted by molar-refractivity contribution is 6.13. The second-order valence-corrected chi connectivity index (χ2v) is 14.6. The Hall–Kier alpha value is -5.86. The van der Waals surface area contributed by atoms with E-state index in [-0.39, 0.29) is 11.1 Å². The van der Waals surface area contributed by atoms with Crippen molar-refractivity contribution in [2.24, 2.45) is 11.8 Å². The summed E-state index contributed by atoms with van der Waals surface area (Å²) < 4.78 is 11.1. The number of aromatic nitrogens is 2. The highest BCUT2D eigenvalue weighted by Gasteiger charge is 2.32. The molecule has 0 bridgehead atoms. The number of pyridine rings is 2. The summed E-state index contributed by atoms with van der Waals surface area (Å²) in [5.74, 6) is -0.437. The van der Waals surface area contributed by atoms with Gasteiger partial charge in [0.2, 0.25) is 0 Å². The summed E-state index contributed by atoms with van der Waals surface area (Å²) in [5, 5.41) is 19.6. The number of rotatable bonds is 14. The Kier molecular flexibility index (Phi) is 14.5. The van der Waals surface area contributed by atoms with E-state index in [0.717, 1.165) is 102 Å². The van der Waals surface area contributed by atoms with Crippen LogP contribution in [-0.4, -0.2) is 35.1 Å². The van der Waals surface area contributed by atoms with Crippen LogP contribution in [0.3, 0.4) is 0 Å². The molecule has 4 aromatic rings. The summed E-state index contributed by atoms with van der Waals surface area (Å²) in [7, 11) is 0. The van der Waals surface area contributed by atoms with Gasteiger partial charge in [-0.2, -0.15) is 10.5 Å². The lowest BCUT2D eigenvalue weighted by Gasteiger charge is -2.15. The molecule has 0 saturated heterocycles. The van der Waals surface area contributed by atoms with Crippen LogP contribution in [0.2, 0.25) is 0 Å². The van der Waals surface area contributed by atoms with E-state index in [0.29, 0.717) is 41.9 Å². The van der Waals surface area contributed by atoms with Gasteiger partial charge in [-0.25, -0.2) is 9.59 Å². The number of aryl methyl sites for hydroxylation is 2. The first kappa shape index (κ1) is 41.3. The Morgan fingerprint density at radius 1 is 0.661 bits per heavy atom. The first-order valence-electron chi connectivity index (χ1n) is 20.0. The molecular formula is C48H52N4O4. The van der Waals surface area contributed by atoms with Crippen molar-refractivity contribution in [1.82, 2.24) is 9.97 Å². The molecule has 0 fully saturated rings. The molecule has 2 aliphatic rings. The van der Waals surface area contributed by atoms with Crippen LogP contribution in [0.15, 0.2) is 84.2 Å². The maximum atomic E-state index is 12.8. The van der Waals surface area contributed by atoms with E-state index in [1.54, 1.807) is 12.4 Å². The van der Waals surface area contributed by atoms with E-state index < -0.39 is 11.9 Å². The van der Waals surface area contributed by atoms with Crippen LogP contribution >= 0.6 is 0 Å². The van der Waals surface area contributed by atoms with Crippen molar-refractivity contribution in [1.29, 1.82) is 10.5 Å². The van der Waals surface area contributed by atoms with Gasteiger partial charge in [-0.15, -0.1) is 0 Å². The third-order valence-electron chi connectivity index (χ3n) is 10.8. The average Bonchev–Trinajstić information content (AvgIpc) is 3.72. The third-order valence-corrected chi connectivity index (χ3v) is 10.8. The molecule has 2 heterocycles. The van der Waals surface area contributed by atoms with Gasteiger partial charge in [0.25, 0.3) is 0 Å². The zero-order valence-corrected chi connectivity index (χ0v) is 33.6. The molecule has 288 valence electrons. The Balaban J connectivity index is 0.000000214. The predicted octanol–water partition coefficient (Wildman–Crippen LogP) is 10.9. The lowest BCUT2D eigenvalue weighted by Crippen LogP contribution is -2.16. The highest BCUT2D eigenvalue weighted by atomic mass is 16.5. The van der Waals surface area contributed by atoms with Gasteiger partial charge in [0.1, 0.15) is 23.3 Å². The van der Waals surface area contributed by atoms with Crippen molar-refractivity contribution < 1.29 is 19.1 Å². The van der Waals surface area contributed by atoms with Gasteiger partial charge < -0.3 is 9.47 Å². The maximum absolute atomic E-state index is 12.8. The van der Waals surface area contributed by atoms with E-state index in [2.05, 4.69) is 49.8 Å². The number of carbonyl (C=O) groups excluding carboxylic acids is 2. The standard InChI is InChI=1S/2C24H26N2O2/c1-4-6-9-17(5-2)15-28-24(27)21(13-25)23-19-11-8-7-10-18(19)20-12-16(3)26-14-22(20)23;1-4-6-9-17(5-2)15-28-24(27)20(14-25)22-19-11-8-7-10-18(19)21-16(3)12-13-26-23(21)22/h7-8,10-12,14,17H,4-6,9,15H2,1-3H3;7-8,10-13,17H,4-6,9,15H2,1-3H3/b23-21-;22-20-. The molecule has 2 aromatic carbocycles. The normalized spacial score (nSPS) is 14.6. The van der Waals surface area contributed by atoms with Gasteiger partial charge in [0, 0.05) is 40.4 Å². The number of hydrogen-bond donors (Lipinski definition) is 0. The second-order valence-electron chi connectivity index (χ2n) is 14.6. The summed E-state index contributed by atoms with van der Waals surface area (Å²) in [4.78, 5) is 34.5. The average molecular weight is 749 g/mol. The zero-order chi connectivity index (χ0) is 40.2. The summed E-state index contributed by atoms with van der Waals surface area (Å²) in [5.41, 5.74) is 10.6. The number of hydrogen-bond acceptors (Lipinski definition) is 8. The number of esters is 2. The SMILES string of the molecule is CCCCC(CC)COC(=O)/C(C#N)=C1/c2ccccc2-c2c(C)ccnc21.CCCCC(CC)COC(=O)/C(C#N)=C1/c2ccccc2-c2cc(C)ncc21. The topological polar surface area (TPSA) is 126 Å². The van der Waals surface area contributed by atoms with Gasteiger partial charge in [0.15, 0.2) is 0 Å². The molecule has 8 heteroatoms. The molecule has 6 rings (SSSR count). The number of carbonyl (C=O) groups is 2. The molecular weight excluding hydrogens is 697 g/mol. The third kappa shape index (κ3) is 8.98. The van der Waals surface area contributed by atoms with Crippen LogP contribution in [0, 0.1) is 48.3 Å². The number of benzene rings is 2. The minimum Gasteiger partial charge on any atom is -0.461 e. The zero-order valence-electron chi connectivity index (χ0n) is 33.6. The van der Waals surface area contributed by atoms with Crippen molar-refractivity contribution in [2.75, 3.05) is 13.2 Å². The van der Waals surface area contributed by atoms with Gasteiger partial charge >= 0.3 is 11.9 Å². The molecule has 2 unspecified atom stereocenters. The number of nitrogens with zero attached hydrogens (tertiary/aromatic N) is 4. The monoisotopic (exact) mass is 748 g/mol. The van der Waals surface area contributed by atoms with Gasteiger partial charge in [-0.05, 0) is 84.0 Å². The van der Waals surface area contributed by atoms with Gasteiger partial charge in [-0.1, -0.05) is 115 Å². The van der Waals surface area contributed by atoms with Crippen molar-refractivity contribution in [3.8, 4) is 34.4 Å². The van der Waals surface area contributed by atoms with Gasteiger partial charge in [0.05, 0.1) is 18.9 Å².